The van der Waals surface area contributed by atoms with Gasteiger partial charge in [0.05, 0.1) is 5.92 Å². The van der Waals surface area contributed by atoms with Crippen LogP contribution in [0.4, 0.5) is 0 Å². The number of hydrogen-bond donors (Lipinski definition) is 0. The predicted molar refractivity (Wildman–Crippen MR) is 92.9 cm³/mol. The maximum atomic E-state index is 12.5. The van der Waals surface area contributed by atoms with Crippen LogP contribution in [0.25, 0.3) is 0 Å². The van der Waals surface area contributed by atoms with Gasteiger partial charge in [0.25, 0.3) is 0 Å². The van der Waals surface area contributed by atoms with Gasteiger partial charge in [-0.25, -0.2) is 0 Å². The number of carbonyl (C=O) groups is 1. The van der Waals surface area contributed by atoms with E-state index in [0.29, 0.717) is 0 Å². The van der Waals surface area contributed by atoms with E-state index in [1.54, 1.807) is 0 Å². The molecule has 2 heteroatoms. The molecule has 0 saturated heterocycles. The Bertz CT molecular complexity index is 700. The highest BCUT2D eigenvalue weighted by molar-refractivity contribution is 5.79. The quantitative estimate of drug-likeness (QED) is 0.597. The van der Waals surface area contributed by atoms with Crippen molar-refractivity contribution in [3.8, 4) is 5.75 Å². The third-order valence-corrected chi connectivity index (χ3v) is 4.83. The Morgan fingerprint density at radius 3 is 2.61 bits per heavy atom. The summed E-state index contributed by atoms with van der Waals surface area (Å²) in [4.78, 5) is 12.5. The van der Waals surface area contributed by atoms with Crippen LogP contribution in [0.5, 0.6) is 5.75 Å². The number of ether oxygens (including phenoxy) is 1. The molecule has 0 amide bonds. The summed E-state index contributed by atoms with van der Waals surface area (Å²) in [6.07, 6.45) is 2.88. The molecule has 1 aliphatic rings. The fraction of sp³-hybridized carbons (Fsp3) is 0.381. The van der Waals surface area contributed by atoms with Gasteiger partial charge >= 0.3 is 5.97 Å². The van der Waals surface area contributed by atoms with Crippen LogP contribution in [0.2, 0.25) is 0 Å². The minimum Gasteiger partial charge on any atom is -0.426 e. The first-order valence-electron chi connectivity index (χ1n) is 8.48. The third kappa shape index (κ3) is 3.31. The van der Waals surface area contributed by atoms with E-state index in [1.807, 2.05) is 6.07 Å². The maximum absolute atomic E-state index is 12.5. The van der Waals surface area contributed by atoms with Crippen LogP contribution in [-0.4, -0.2) is 5.97 Å². The molecule has 0 aliphatic carbocycles. The van der Waals surface area contributed by atoms with Gasteiger partial charge in [-0.1, -0.05) is 62.2 Å². The molecular weight excluding hydrogens is 284 g/mol. The lowest BCUT2D eigenvalue weighted by Gasteiger charge is -2.28. The summed E-state index contributed by atoms with van der Waals surface area (Å²) in [5.74, 6) is 0.710. The lowest BCUT2D eigenvalue weighted by atomic mass is 9.81. The zero-order valence-corrected chi connectivity index (χ0v) is 14.1. The number of esters is 1. The zero-order chi connectivity index (χ0) is 16.4. The first kappa shape index (κ1) is 15.8. The highest BCUT2D eigenvalue weighted by Gasteiger charge is 2.33. The molecule has 0 radical (unpaired) electrons. The van der Waals surface area contributed by atoms with Crippen LogP contribution >= 0.6 is 0 Å². The van der Waals surface area contributed by atoms with Crippen molar-refractivity contribution in [1.82, 2.24) is 0 Å². The number of carbonyl (C=O) groups excluding carboxylic acids is 1. The molecule has 2 nitrogen and oxygen atoms in total. The molecule has 0 N–H and O–H groups in total. The second-order valence-electron chi connectivity index (χ2n) is 6.62. The second-order valence-corrected chi connectivity index (χ2v) is 6.62. The van der Waals surface area contributed by atoms with Gasteiger partial charge in [-0.05, 0) is 48.4 Å². The van der Waals surface area contributed by atoms with E-state index < -0.39 is 0 Å². The molecule has 0 saturated carbocycles. The fourth-order valence-corrected chi connectivity index (χ4v) is 3.29. The number of hydrogen-bond acceptors (Lipinski definition) is 2. The van der Waals surface area contributed by atoms with Crippen molar-refractivity contribution >= 4 is 5.97 Å². The van der Waals surface area contributed by atoms with Crippen molar-refractivity contribution < 1.29 is 9.53 Å². The topological polar surface area (TPSA) is 26.3 Å². The van der Waals surface area contributed by atoms with E-state index in [4.69, 9.17) is 4.74 Å². The van der Waals surface area contributed by atoms with E-state index in [-0.39, 0.29) is 17.8 Å². The molecule has 0 fully saturated rings. The Kier molecular flexibility index (Phi) is 4.51. The van der Waals surface area contributed by atoms with E-state index >= 15 is 0 Å². The number of rotatable bonds is 4. The molecular formula is C21H24O2. The minimum absolute atomic E-state index is 0.0979. The Balaban J connectivity index is 1.83. The lowest BCUT2D eigenvalue weighted by molar-refractivity contribution is -0.140. The summed E-state index contributed by atoms with van der Waals surface area (Å²) in [6.45, 7) is 6.35. The largest absolute Gasteiger partial charge is 0.426 e. The molecule has 1 heterocycles. The molecule has 0 bridgehead atoms. The Morgan fingerprint density at radius 2 is 1.91 bits per heavy atom. The van der Waals surface area contributed by atoms with Crippen molar-refractivity contribution in [2.45, 2.75) is 46.0 Å². The molecule has 2 aromatic carbocycles. The van der Waals surface area contributed by atoms with Crippen LogP contribution < -0.4 is 4.74 Å². The van der Waals surface area contributed by atoms with E-state index in [9.17, 15) is 4.79 Å². The van der Waals surface area contributed by atoms with Gasteiger partial charge in [-0.2, -0.15) is 0 Å². The van der Waals surface area contributed by atoms with E-state index in [2.05, 4.69) is 57.2 Å². The number of benzene rings is 2. The van der Waals surface area contributed by atoms with Crippen LogP contribution in [0.15, 0.2) is 42.5 Å². The van der Waals surface area contributed by atoms with Crippen LogP contribution in [0, 0.1) is 12.8 Å². The predicted octanol–water partition coefficient (Wildman–Crippen LogP) is 4.83. The number of fused-ring (bicyclic) bond motifs is 1. The van der Waals surface area contributed by atoms with Crippen LogP contribution in [-0.2, 0) is 17.6 Å². The molecule has 1 aliphatic heterocycles. The highest BCUT2D eigenvalue weighted by Crippen LogP contribution is 2.36. The molecule has 120 valence electrons. The standard InChI is InChI=1S/C21H24O2/c1-4-5-16-8-11-18-13-19(21(22)23-20(18)12-16)15(3)17-9-6-14(2)7-10-17/h6-12,15,19H,4-5,13H2,1-3H3. The van der Waals surface area contributed by atoms with Gasteiger partial charge in [0.15, 0.2) is 0 Å². The monoisotopic (exact) mass is 308 g/mol. The third-order valence-electron chi connectivity index (χ3n) is 4.83. The highest BCUT2D eigenvalue weighted by atomic mass is 16.5. The first-order chi connectivity index (χ1) is 11.1. The van der Waals surface area contributed by atoms with Gasteiger partial charge in [0.1, 0.15) is 5.75 Å². The SMILES string of the molecule is CCCc1ccc2c(c1)OC(=O)C(C(C)c1ccc(C)cc1)C2. The smallest absolute Gasteiger partial charge is 0.315 e. The molecule has 2 unspecified atom stereocenters. The maximum Gasteiger partial charge on any atom is 0.315 e. The second kappa shape index (κ2) is 6.57. The Labute approximate surface area is 138 Å². The van der Waals surface area contributed by atoms with Crippen molar-refractivity contribution in [3.63, 3.8) is 0 Å². The Hall–Kier alpha value is -2.09. The van der Waals surface area contributed by atoms with Crippen molar-refractivity contribution in [1.29, 1.82) is 0 Å². The summed E-state index contributed by atoms with van der Waals surface area (Å²) >= 11 is 0. The van der Waals surface area contributed by atoms with E-state index in [0.717, 1.165) is 30.6 Å². The average molecular weight is 308 g/mol. The van der Waals surface area contributed by atoms with E-state index in [1.165, 1.54) is 16.7 Å². The minimum atomic E-state index is -0.109. The fourth-order valence-electron chi connectivity index (χ4n) is 3.29. The summed E-state index contributed by atoms with van der Waals surface area (Å²) < 4.78 is 5.66. The van der Waals surface area contributed by atoms with Gasteiger partial charge in [-0.15, -0.1) is 0 Å². The summed E-state index contributed by atoms with van der Waals surface area (Å²) in [7, 11) is 0. The molecule has 2 aromatic rings. The van der Waals surface area contributed by atoms with Crippen LogP contribution in [0.3, 0.4) is 0 Å². The summed E-state index contributed by atoms with van der Waals surface area (Å²) in [5.41, 5.74) is 4.82. The number of aryl methyl sites for hydroxylation is 2. The molecule has 0 aromatic heterocycles. The Morgan fingerprint density at radius 1 is 1.17 bits per heavy atom. The van der Waals surface area contributed by atoms with Gasteiger partial charge < -0.3 is 4.74 Å². The normalized spacial score (nSPS) is 18.2. The van der Waals surface area contributed by atoms with Crippen molar-refractivity contribution in [2.24, 2.45) is 5.92 Å². The van der Waals surface area contributed by atoms with Gasteiger partial charge in [0, 0.05) is 0 Å². The van der Waals surface area contributed by atoms with Gasteiger partial charge in [0.2, 0.25) is 0 Å². The molecule has 23 heavy (non-hydrogen) atoms. The molecule has 0 spiro atoms. The first-order valence-corrected chi connectivity index (χ1v) is 8.48. The van der Waals surface area contributed by atoms with Gasteiger partial charge in [-0.3, -0.25) is 4.79 Å². The molecule has 2 atom stereocenters. The van der Waals surface area contributed by atoms with Crippen molar-refractivity contribution in [2.75, 3.05) is 0 Å². The summed E-state index contributed by atoms with van der Waals surface area (Å²) in [5, 5.41) is 0. The van der Waals surface area contributed by atoms with Crippen molar-refractivity contribution in [3.05, 3.63) is 64.7 Å². The summed E-state index contributed by atoms with van der Waals surface area (Å²) in [6, 6.07) is 14.8. The van der Waals surface area contributed by atoms with Crippen LogP contribution in [0.1, 0.15) is 48.4 Å². The average Bonchev–Trinajstić information content (AvgIpc) is 2.54. The zero-order valence-electron chi connectivity index (χ0n) is 14.1. The molecule has 3 rings (SSSR count). The lowest BCUT2D eigenvalue weighted by Crippen LogP contribution is -2.31.